The molecule has 0 bridgehead atoms. The predicted octanol–water partition coefficient (Wildman–Crippen LogP) is 2.46. The van der Waals surface area contributed by atoms with Gasteiger partial charge in [0, 0.05) is 24.6 Å². The molecule has 178 valence electrons. The molecule has 2 amide bonds. The predicted molar refractivity (Wildman–Crippen MR) is 128 cm³/mol. The van der Waals surface area contributed by atoms with Gasteiger partial charge in [0.2, 0.25) is 5.78 Å². The quantitative estimate of drug-likeness (QED) is 0.661. The van der Waals surface area contributed by atoms with Crippen LogP contribution in [0.5, 0.6) is 0 Å². The van der Waals surface area contributed by atoms with E-state index in [9.17, 15) is 14.4 Å². The van der Waals surface area contributed by atoms with Gasteiger partial charge in [0.1, 0.15) is 0 Å². The third-order valence-corrected chi connectivity index (χ3v) is 5.30. The summed E-state index contributed by atoms with van der Waals surface area (Å²) >= 11 is 0. The van der Waals surface area contributed by atoms with E-state index in [1.807, 2.05) is 12.1 Å². The molecule has 1 aliphatic rings. The van der Waals surface area contributed by atoms with E-state index in [1.165, 1.54) is 0 Å². The molecule has 0 fully saturated rings. The summed E-state index contributed by atoms with van der Waals surface area (Å²) in [6.07, 6.45) is 4.97. The van der Waals surface area contributed by atoms with Crippen molar-refractivity contribution < 1.29 is 23.9 Å². The molecule has 2 heterocycles. The summed E-state index contributed by atoms with van der Waals surface area (Å²) in [6, 6.07) is 9.34. The van der Waals surface area contributed by atoms with Gasteiger partial charge in [0.25, 0.3) is 11.8 Å². The van der Waals surface area contributed by atoms with Crippen molar-refractivity contribution in [3.63, 3.8) is 0 Å². The highest BCUT2D eigenvalue weighted by atomic mass is 32.1. The number of hydrogen-bond donors (Lipinski definition) is 2. The third-order valence-electron chi connectivity index (χ3n) is 5.30. The molecule has 1 aromatic heterocycles. The fourth-order valence-corrected chi connectivity index (χ4v) is 3.47. The van der Waals surface area contributed by atoms with Crippen LogP contribution in [0, 0.1) is 0 Å². The standard InChI is InChI=1S/C24H29N3O5.H2S/c1-17(18-8-6-11-25-15-18)26-24(30)22(28)21-10-4-5-12-31-13-14-32-16-19-7-2-3-9-20(19)23(29)27-21;/h2-3,6-9,11,15,17,21H,4-5,10,12-14,16H2,1H3,(H,26,30)(H,27,29);1H2/t17-,21?;/m0./s1. The summed E-state index contributed by atoms with van der Waals surface area (Å²) in [4.78, 5) is 42.7. The topological polar surface area (TPSA) is 107 Å². The van der Waals surface area contributed by atoms with Crippen molar-refractivity contribution >= 4 is 31.1 Å². The highest BCUT2D eigenvalue weighted by Gasteiger charge is 2.28. The minimum Gasteiger partial charge on any atom is -0.379 e. The molecule has 2 aromatic rings. The summed E-state index contributed by atoms with van der Waals surface area (Å²) in [6.45, 7) is 3.47. The Morgan fingerprint density at radius 2 is 1.88 bits per heavy atom. The summed E-state index contributed by atoms with van der Waals surface area (Å²) in [5, 5.41) is 5.47. The van der Waals surface area contributed by atoms with Crippen LogP contribution in [-0.2, 0) is 25.7 Å². The third kappa shape index (κ3) is 7.96. The van der Waals surface area contributed by atoms with Crippen molar-refractivity contribution in [3.8, 4) is 0 Å². The molecular formula is C24H31N3O5S. The number of hydrogen-bond acceptors (Lipinski definition) is 6. The molecule has 2 atom stereocenters. The summed E-state index contributed by atoms with van der Waals surface area (Å²) < 4.78 is 11.2. The lowest BCUT2D eigenvalue weighted by Crippen LogP contribution is -2.48. The molecule has 9 heteroatoms. The zero-order valence-electron chi connectivity index (χ0n) is 18.7. The molecule has 0 saturated heterocycles. The van der Waals surface area contributed by atoms with Crippen LogP contribution >= 0.6 is 13.5 Å². The maximum atomic E-state index is 13.0. The van der Waals surface area contributed by atoms with Gasteiger partial charge in [-0.2, -0.15) is 13.5 Å². The molecule has 1 unspecified atom stereocenters. The number of carbonyl (C=O) groups is 3. The first-order chi connectivity index (χ1) is 15.6. The molecule has 0 saturated carbocycles. The molecule has 1 aliphatic heterocycles. The largest absolute Gasteiger partial charge is 0.379 e. The van der Waals surface area contributed by atoms with Gasteiger partial charge in [-0.15, -0.1) is 0 Å². The summed E-state index contributed by atoms with van der Waals surface area (Å²) in [7, 11) is 0. The average molecular weight is 474 g/mol. The number of amides is 2. The van der Waals surface area contributed by atoms with Gasteiger partial charge in [0.05, 0.1) is 31.9 Å². The number of ether oxygens (including phenoxy) is 2. The molecule has 2 N–H and O–H groups in total. The second kappa shape index (κ2) is 13.7. The van der Waals surface area contributed by atoms with Crippen LogP contribution in [0.25, 0.3) is 0 Å². The first kappa shape index (κ1) is 26.5. The highest BCUT2D eigenvalue weighted by molar-refractivity contribution is 7.59. The monoisotopic (exact) mass is 473 g/mol. The van der Waals surface area contributed by atoms with Crippen molar-refractivity contribution in [2.75, 3.05) is 19.8 Å². The Balaban J connectivity index is 0.00000385. The van der Waals surface area contributed by atoms with Crippen LogP contribution in [0.2, 0.25) is 0 Å². The number of aromatic nitrogens is 1. The summed E-state index contributed by atoms with van der Waals surface area (Å²) in [5.41, 5.74) is 1.92. The maximum absolute atomic E-state index is 13.0. The summed E-state index contributed by atoms with van der Waals surface area (Å²) in [5.74, 6) is -1.81. The lowest BCUT2D eigenvalue weighted by Gasteiger charge is -2.20. The number of pyridine rings is 1. The first-order valence-corrected chi connectivity index (χ1v) is 10.8. The zero-order chi connectivity index (χ0) is 22.8. The SMILES string of the molecule is C[C@H](NC(=O)C(=O)C1CCCCOCCOCc2ccccc2C(=O)N1)c1cccnc1.S. The van der Waals surface area contributed by atoms with Gasteiger partial charge in [-0.1, -0.05) is 24.3 Å². The normalized spacial score (nSPS) is 18.5. The van der Waals surface area contributed by atoms with Gasteiger partial charge >= 0.3 is 0 Å². The number of fused-ring (bicyclic) bond motifs is 1. The van der Waals surface area contributed by atoms with E-state index in [0.717, 1.165) is 5.56 Å². The molecule has 8 nitrogen and oxygen atoms in total. The first-order valence-electron chi connectivity index (χ1n) is 10.8. The molecule has 3 rings (SSSR count). The van der Waals surface area contributed by atoms with E-state index in [2.05, 4.69) is 15.6 Å². The minimum absolute atomic E-state index is 0. The van der Waals surface area contributed by atoms with Crippen molar-refractivity contribution in [3.05, 3.63) is 65.5 Å². The molecular weight excluding hydrogens is 442 g/mol. The van der Waals surface area contributed by atoms with E-state index >= 15 is 0 Å². The molecule has 33 heavy (non-hydrogen) atoms. The maximum Gasteiger partial charge on any atom is 0.290 e. The fraction of sp³-hybridized carbons (Fsp3) is 0.417. The Morgan fingerprint density at radius 3 is 2.67 bits per heavy atom. The Morgan fingerprint density at radius 1 is 1.09 bits per heavy atom. The fourth-order valence-electron chi connectivity index (χ4n) is 3.47. The Hall–Kier alpha value is -2.75. The number of ketones is 1. The van der Waals surface area contributed by atoms with Crippen LogP contribution in [-0.4, -0.2) is 48.4 Å². The number of nitrogens with one attached hydrogen (secondary N) is 2. The van der Waals surface area contributed by atoms with E-state index < -0.39 is 23.6 Å². The number of benzene rings is 1. The van der Waals surface area contributed by atoms with Gasteiger partial charge in [-0.3, -0.25) is 19.4 Å². The number of rotatable bonds is 4. The van der Waals surface area contributed by atoms with Gasteiger partial charge in [-0.25, -0.2) is 0 Å². The lowest BCUT2D eigenvalue weighted by molar-refractivity contribution is -0.139. The second-order valence-corrected chi connectivity index (χ2v) is 7.69. The smallest absolute Gasteiger partial charge is 0.290 e. The number of carbonyl (C=O) groups excluding carboxylic acids is 3. The Bertz CT molecular complexity index is 925. The highest BCUT2D eigenvalue weighted by Crippen LogP contribution is 2.14. The minimum atomic E-state index is -0.930. The molecule has 0 radical (unpaired) electrons. The van der Waals surface area contributed by atoms with Crippen LogP contribution in [0.4, 0.5) is 0 Å². The number of Topliss-reactive ketones (excluding diaryl/α,β-unsaturated/α-hetero) is 1. The molecule has 1 aromatic carbocycles. The Labute approximate surface area is 200 Å². The number of nitrogens with zero attached hydrogens (tertiary/aromatic N) is 1. The molecule has 0 aliphatic carbocycles. The van der Waals surface area contributed by atoms with Gasteiger partial charge < -0.3 is 20.1 Å². The Kier molecular flexibility index (Phi) is 11.0. The van der Waals surface area contributed by atoms with Gasteiger partial charge in [0.15, 0.2) is 0 Å². The zero-order valence-corrected chi connectivity index (χ0v) is 19.7. The van der Waals surface area contributed by atoms with E-state index in [0.29, 0.717) is 50.2 Å². The van der Waals surface area contributed by atoms with Crippen LogP contribution in [0.3, 0.4) is 0 Å². The average Bonchev–Trinajstić information content (AvgIpc) is 2.82. The second-order valence-electron chi connectivity index (χ2n) is 7.69. The van der Waals surface area contributed by atoms with Crippen molar-refractivity contribution in [2.45, 2.75) is 44.9 Å². The lowest BCUT2D eigenvalue weighted by atomic mass is 10.0. The van der Waals surface area contributed by atoms with E-state index in [-0.39, 0.29) is 26.1 Å². The van der Waals surface area contributed by atoms with E-state index in [4.69, 9.17) is 9.47 Å². The van der Waals surface area contributed by atoms with Crippen molar-refractivity contribution in [2.24, 2.45) is 0 Å². The van der Waals surface area contributed by atoms with Crippen LogP contribution < -0.4 is 10.6 Å². The van der Waals surface area contributed by atoms with Crippen LogP contribution in [0.1, 0.15) is 53.7 Å². The molecule has 0 spiro atoms. The van der Waals surface area contributed by atoms with Crippen molar-refractivity contribution in [1.82, 2.24) is 15.6 Å². The van der Waals surface area contributed by atoms with E-state index in [1.54, 1.807) is 43.6 Å². The van der Waals surface area contributed by atoms with Crippen LogP contribution in [0.15, 0.2) is 48.8 Å². The van der Waals surface area contributed by atoms with Crippen molar-refractivity contribution in [1.29, 1.82) is 0 Å². The van der Waals surface area contributed by atoms with Gasteiger partial charge in [-0.05, 0) is 49.4 Å².